The summed E-state index contributed by atoms with van der Waals surface area (Å²) >= 11 is 0. The highest BCUT2D eigenvalue weighted by molar-refractivity contribution is 5.94. The molecule has 2 N–H and O–H groups in total. The van der Waals surface area contributed by atoms with Crippen LogP contribution in [-0.2, 0) is 19.4 Å². The molecular formula is C21H25FN6O2. The maximum Gasteiger partial charge on any atom is 0.251 e. The second-order valence-corrected chi connectivity index (χ2v) is 6.75. The lowest BCUT2D eigenvalue weighted by molar-refractivity contribution is 0.0962. The third kappa shape index (κ3) is 4.73. The number of aryl methyl sites for hydroxylation is 4. The van der Waals surface area contributed by atoms with Crippen LogP contribution in [0, 0.1) is 12.7 Å². The third-order valence-electron chi connectivity index (χ3n) is 4.73. The fourth-order valence-electron chi connectivity index (χ4n) is 3.01. The first-order valence-electron chi connectivity index (χ1n) is 9.65. The average Bonchev–Trinajstić information content (AvgIpc) is 3.12. The Kier molecular flexibility index (Phi) is 6.61. The van der Waals surface area contributed by atoms with Crippen LogP contribution in [0.5, 0.6) is 5.75 Å². The van der Waals surface area contributed by atoms with Crippen molar-refractivity contribution in [2.45, 2.75) is 33.2 Å². The van der Waals surface area contributed by atoms with Crippen LogP contribution in [0.2, 0.25) is 0 Å². The molecule has 0 saturated heterocycles. The van der Waals surface area contributed by atoms with Crippen molar-refractivity contribution in [3.8, 4) is 5.75 Å². The van der Waals surface area contributed by atoms with Gasteiger partial charge in [-0.1, -0.05) is 0 Å². The van der Waals surface area contributed by atoms with Gasteiger partial charge >= 0.3 is 0 Å². The van der Waals surface area contributed by atoms with E-state index in [0.29, 0.717) is 29.9 Å². The smallest absolute Gasteiger partial charge is 0.251 e. The van der Waals surface area contributed by atoms with Crippen LogP contribution in [0.25, 0.3) is 0 Å². The van der Waals surface area contributed by atoms with E-state index >= 15 is 0 Å². The Morgan fingerprint density at radius 2 is 1.97 bits per heavy atom. The quantitative estimate of drug-likeness (QED) is 0.591. The zero-order valence-corrected chi connectivity index (χ0v) is 17.5. The molecule has 2 aromatic heterocycles. The predicted molar refractivity (Wildman–Crippen MR) is 112 cm³/mol. The standard InChI is InChI=1S/C21H25FN6O2/c1-5-28-12-17(13(2)27-28)26-21-24-10-14(11-25-21)6-7-15-8-16(20(29)23-3)9-18(30-4)19(15)22/h8-12H,5-7H2,1-4H3,(H,23,29)(H,24,25,26). The molecule has 0 bridgehead atoms. The Bertz CT molecular complexity index is 1030. The zero-order chi connectivity index (χ0) is 21.7. The largest absolute Gasteiger partial charge is 0.494 e. The lowest BCUT2D eigenvalue weighted by atomic mass is 10.0. The Labute approximate surface area is 174 Å². The van der Waals surface area contributed by atoms with E-state index in [1.807, 2.05) is 24.7 Å². The number of halogens is 1. The number of ether oxygens (including phenoxy) is 1. The molecule has 1 amide bonds. The summed E-state index contributed by atoms with van der Waals surface area (Å²) in [6.07, 6.45) is 6.21. The van der Waals surface area contributed by atoms with Gasteiger partial charge in [-0.25, -0.2) is 14.4 Å². The maximum atomic E-state index is 14.6. The summed E-state index contributed by atoms with van der Waals surface area (Å²) in [6, 6.07) is 2.94. The van der Waals surface area contributed by atoms with Gasteiger partial charge in [0.2, 0.25) is 5.95 Å². The van der Waals surface area contributed by atoms with Crippen molar-refractivity contribution < 1.29 is 13.9 Å². The fourth-order valence-corrected chi connectivity index (χ4v) is 3.01. The molecule has 9 heteroatoms. The second kappa shape index (κ2) is 9.34. The van der Waals surface area contributed by atoms with Crippen molar-refractivity contribution in [3.63, 3.8) is 0 Å². The van der Waals surface area contributed by atoms with Crippen LogP contribution in [0.1, 0.15) is 34.1 Å². The summed E-state index contributed by atoms with van der Waals surface area (Å²) in [5, 5.41) is 10.1. The number of benzene rings is 1. The van der Waals surface area contributed by atoms with Gasteiger partial charge in [-0.2, -0.15) is 5.10 Å². The molecule has 3 aromatic rings. The van der Waals surface area contributed by atoms with Gasteiger partial charge < -0.3 is 15.4 Å². The van der Waals surface area contributed by atoms with E-state index in [2.05, 4.69) is 25.7 Å². The molecule has 158 valence electrons. The third-order valence-corrected chi connectivity index (χ3v) is 4.73. The van der Waals surface area contributed by atoms with Crippen LogP contribution < -0.4 is 15.4 Å². The molecule has 1 aromatic carbocycles. The van der Waals surface area contributed by atoms with Crippen molar-refractivity contribution in [1.82, 2.24) is 25.1 Å². The molecule has 0 unspecified atom stereocenters. The fraction of sp³-hybridized carbons (Fsp3) is 0.333. The van der Waals surface area contributed by atoms with Crippen LogP contribution >= 0.6 is 0 Å². The van der Waals surface area contributed by atoms with Gasteiger partial charge in [0.25, 0.3) is 5.91 Å². The number of carbonyl (C=O) groups excluding carboxylic acids is 1. The highest BCUT2D eigenvalue weighted by Crippen LogP contribution is 2.24. The van der Waals surface area contributed by atoms with Crippen LogP contribution in [0.4, 0.5) is 16.0 Å². The lowest BCUT2D eigenvalue weighted by Gasteiger charge is -2.11. The Morgan fingerprint density at radius 3 is 2.57 bits per heavy atom. The summed E-state index contributed by atoms with van der Waals surface area (Å²) in [5.41, 5.74) is 3.32. The van der Waals surface area contributed by atoms with Crippen molar-refractivity contribution >= 4 is 17.5 Å². The van der Waals surface area contributed by atoms with E-state index in [1.165, 1.54) is 20.2 Å². The van der Waals surface area contributed by atoms with E-state index in [0.717, 1.165) is 23.5 Å². The first-order chi connectivity index (χ1) is 14.4. The Balaban J connectivity index is 1.70. The number of hydrogen-bond donors (Lipinski definition) is 2. The summed E-state index contributed by atoms with van der Waals surface area (Å²) in [7, 11) is 2.90. The maximum absolute atomic E-state index is 14.6. The Morgan fingerprint density at radius 1 is 1.23 bits per heavy atom. The summed E-state index contributed by atoms with van der Waals surface area (Å²) in [4.78, 5) is 20.6. The molecule has 0 spiro atoms. The topological polar surface area (TPSA) is 94.0 Å². The van der Waals surface area contributed by atoms with Gasteiger partial charge in [-0.05, 0) is 49.9 Å². The predicted octanol–water partition coefficient (Wildman–Crippen LogP) is 3.04. The summed E-state index contributed by atoms with van der Waals surface area (Å²) in [5.74, 6) is -0.250. The molecule has 0 aliphatic heterocycles. The van der Waals surface area contributed by atoms with E-state index in [-0.39, 0.29) is 11.7 Å². The summed E-state index contributed by atoms with van der Waals surface area (Å²) < 4.78 is 21.5. The molecule has 0 saturated carbocycles. The molecule has 30 heavy (non-hydrogen) atoms. The normalized spacial score (nSPS) is 10.7. The van der Waals surface area contributed by atoms with Gasteiger partial charge in [0.1, 0.15) is 0 Å². The Hall–Kier alpha value is -3.49. The van der Waals surface area contributed by atoms with Gasteiger partial charge in [-0.3, -0.25) is 9.48 Å². The number of amides is 1. The molecule has 8 nitrogen and oxygen atoms in total. The van der Waals surface area contributed by atoms with E-state index < -0.39 is 5.82 Å². The minimum absolute atomic E-state index is 0.0462. The number of aromatic nitrogens is 4. The number of rotatable bonds is 8. The molecule has 2 heterocycles. The van der Waals surface area contributed by atoms with Crippen molar-refractivity contribution in [1.29, 1.82) is 0 Å². The lowest BCUT2D eigenvalue weighted by Crippen LogP contribution is -2.18. The SMILES string of the molecule is CCn1cc(Nc2ncc(CCc3cc(C(=O)NC)cc(OC)c3F)cn2)c(C)n1. The number of carbonyl (C=O) groups is 1. The van der Waals surface area contributed by atoms with Crippen molar-refractivity contribution in [2.75, 3.05) is 19.5 Å². The van der Waals surface area contributed by atoms with Crippen molar-refractivity contribution in [3.05, 3.63) is 58.9 Å². The molecular weight excluding hydrogens is 387 g/mol. The monoisotopic (exact) mass is 412 g/mol. The number of hydrogen-bond acceptors (Lipinski definition) is 6. The van der Waals surface area contributed by atoms with E-state index in [4.69, 9.17) is 4.74 Å². The van der Waals surface area contributed by atoms with Crippen LogP contribution in [0.15, 0.2) is 30.7 Å². The van der Waals surface area contributed by atoms with E-state index in [1.54, 1.807) is 18.5 Å². The molecule has 0 radical (unpaired) electrons. The van der Waals surface area contributed by atoms with Gasteiger partial charge in [0, 0.05) is 37.7 Å². The first-order valence-corrected chi connectivity index (χ1v) is 9.65. The summed E-state index contributed by atoms with van der Waals surface area (Å²) in [6.45, 7) is 4.72. The average molecular weight is 412 g/mol. The highest BCUT2D eigenvalue weighted by atomic mass is 19.1. The van der Waals surface area contributed by atoms with Gasteiger partial charge in [-0.15, -0.1) is 0 Å². The highest BCUT2D eigenvalue weighted by Gasteiger charge is 2.15. The van der Waals surface area contributed by atoms with E-state index in [9.17, 15) is 9.18 Å². The zero-order valence-electron chi connectivity index (χ0n) is 17.5. The number of nitrogens with zero attached hydrogens (tertiary/aromatic N) is 4. The van der Waals surface area contributed by atoms with Crippen LogP contribution in [0.3, 0.4) is 0 Å². The van der Waals surface area contributed by atoms with Gasteiger partial charge in [0.15, 0.2) is 11.6 Å². The minimum atomic E-state index is -0.465. The van der Waals surface area contributed by atoms with Crippen LogP contribution in [-0.4, -0.2) is 39.8 Å². The number of anilines is 2. The second-order valence-electron chi connectivity index (χ2n) is 6.75. The molecule has 0 aliphatic carbocycles. The van der Waals surface area contributed by atoms with Crippen molar-refractivity contribution in [2.24, 2.45) is 0 Å². The molecule has 3 rings (SSSR count). The van der Waals surface area contributed by atoms with Gasteiger partial charge in [0.05, 0.1) is 18.5 Å². The number of methoxy groups -OCH3 is 1. The molecule has 0 fully saturated rings. The first kappa shape index (κ1) is 21.2. The molecule has 0 atom stereocenters. The number of nitrogens with one attached hydrogen (secondary N) is 2. The minimum Gasteiger partial charge on any atom is -0.494 e. The molecule has 0 aliphatic rings.